The number of hydrogen-bond acceptors (Lipinski definition) is 3. The summed E-state index contributed by atoms with van der Waals surface area (Å²) in [4.78, 5) is 24.1. The van der Waals surface area contributed by atoms with E-state index in [2.05, 4.69) is 26.3 Å². The smallest absolute Gasteiger partial charge is 0.266 e. The van der Waals surface area contributed by atoms with E-state index in [0.717, 1.165) is 15.6 Å². The zero-order valence-corrected chi connectivity index (χ0v) is 16.7. The van der Waals surface area contributed by atoms with Crippen LogP contribution in [0.25, 0.3) is 11.3 Å². The normalized spacial score (nSPS) is 10.6. The Balaban J connectivity index is 1.60. The first-order chi connectivity index (χ1) is 13.0. The monoisotopic (exact) mass is 445 g/mol. The highest BCUT2D eigenvalue weighted by Crippen LogP contribution is 2.18. The van der Waals surface area contributed by atoms with Gasteiger partial charge in [-0.2, -0.15) is 5.10 Å². The molecule has 27 heavy (non-hydrogen) atoms. The fraction of sp³-hybridized carbons (Fsp3) is 0.150. The van der Waals surface area contributed by atoms with Crippen LogP contribution in [0.15, 0.2) is 69.9 Å². The molecule has 7 heteroatoms. The Hall–Kier alpha value is -2.44. The Morgan fingerprint density at radius 1 is 1.04 bits per heavy atom. The van der Waals surface area contributed by atoms with Gasteiger partial charge in [0.05, 0.1) is 12.2 Å². The minimum atomic E-state index is -0.235. The molecule has 1 heterocycles. The van der Waals surface area contributed by atoms with Crippen LogP contribution in [0.1, 0.15) is 12.0 Å². The lowest BCUT2D eigenvalue weighted by Crippen LogP contribution is -2.28. The van der Waals surface area contributed by atoms with E-state index in [1.807, 2.05) is 36.4 Å². The number of carbonyl (C=O) groups excluding carboxylic acids is 1. The van der Waals surface area contributed by atoms with Gasteiger partial charge in [0.15, 0.2) is 0 Å². The Labute approximate surface area is 170 Å². The fourth-order valence-corrected chi connectivity index (χ4v) is 2.87. The molecule has 0 aliphatic rings. The number of halogens is 2. The number of amides is 1. The standard InChI is InChI=1S/C20H17BrClN3O2/c21-16-5-3-15(4-6-16)18-9-10-20(27)25(24-18)12-11-19(26)23-13-14-1-7-17(22)8-2-14/h1-10H,11-13H2,(H,23,26). The van der Waals surface area contributed by atoms with E-state index in [4.69, 9.17) is 11.6 Å². The number of hydrogen-bond donors (Lipinski definition) is 1. The highest BCUT2D eigenvalue weighted by Gasteiger charge is 2.07. The molecule has 0 unspecified atom stereocenters. The zero-order chi connectivity index (χ0) is 19.2. The summed E-state index contributed by atoms with van der Waals surface area (Å²) in [7, 11) is 0. The first-order valence-corrected chi connectivity index (χ1v) is 9.53. The Morgan fingerprint density at radius 2 is 1.74 bits per heavy atom. The molecule has 5 nitrogen and oxygen atoms in total. The Kier molecular flexibility index (Phi) is 6.42. The first-order valence-electron chi connectivity index (χ1n) is 8.36. The molecule has 2 aromatic carbocycles. The van der Waals surface area contributed by atoms with Crippen LogP contribution in [0.3, 0.4) is 0 Å². The van der Waals surface area contributed by atoms with Gasteiger partial charge in [0.2, 0.25) is 5.91 Å². The predicted octanol–water partition coefficient (Wildman–Crippen LogP) is 4.03. The maximum atomic E-state index is 12.1. The molecular formula is C20H17BrClN3O2. The van der Waals surface area contributed by atoms with Gasteiger partial charge in [-0.1, -0.05) is 51.8 Å². The zero-order valence-electron chi connectivity index (χ0n) is 14.4. The second-order valence-corrected chi connectivity index (χ2v) is 7.29. The van der Waals surface area contributed by atoms with Gasteiger partial charge in [-0.05, 0) is 35.9 Å². The molecule has 0 atom stereocenters. The number of aryl methyl sites for hydroxylation is 1. The van der Waals surface area contributed by atoms with Crippen molar-refractivity contribution in [3.63, 3.8) is 0 Å². The van der Waals surface area contributed by atoms with E-state index >= 15 is 0 Å². The van der Waals surface area contributed by atoms with Crippen molar-refractivity contribution in [3.8, 4) is 11.3 Å². The van der Waals surface area contributed by atoms with E-state index in [-0.39, 0.29) is 24.4 Å². The average molecular weight is 447 g/mol. The third kappa shape index (κ3) is 5.52. The third-order valence-corrected chi connectivity index (χ3v) is 4.74. The number of nitrogens with zero attached hydrogens (tertiary/aromatic N) is 2. The maximum absolute atomic E-state index is 12.1. The van der Waals surface area contributed by atoms with Crippen LogP contribution >= 0.6 is 27.5 Å². The molecule has 0 saturated heterocycles. The van der Waals surface area contributed by atoms with Crippen molar-refractivity contribution < 1.29 is 4.79 Å². The summed E-state index contributed by atoms with van der Waals surface area (Å²) in [5, 5.41) is 7.85. The van der Waals surface area contributed by atoms with Gasteiger partial charge in [0.25, 0.3) is 5.56 Å². The molecule has 0 fully saturated rings. The van der Waals surface area contributed by atoms with E-state index in [1.165, 1.54) is 10.7 Å². The summed E-state index contributed by atoms with van der Waals surface area (Å²) in [6.45, 7) is 0.632. The number of carbonyl (C=O) groups is 1. The predicted molar refractivity (Wildman–Crippen MR) is 110 cm³/mol. The largest absolute Gasteiger partial charge is 0.352 e. The van der Waals surface area contributed by atoms with E-state index in [0.29, 0.717) is 17.3 Å². The third-order valence-electron chi connectivity index (χ3n) is 3.96. The van der Waals surface area contributed by atoms with Crippen molar-refractivity contribution in [1.29, 1.82) is 0 Å². The quantitative estimate of drug-likeness (QED) is 0.622. The highest BCUT2D eigenvalue weighted by molar-refractivity contribution is 9.10. The average Bonchev–Trinajstić information content (AvgIpc) is 2.67. The van der Waals surface area contributed by atoms with Crippen LogP contribution in [0, 0.1) is 0 Å². The lowest BCUT2D eigenvalue weighted by atomic mass is 10.1. The van der Waals surface area contributed by atoms with Crippen molar-refractivity contribution >= 4 is 33.4 Å². The van der Waals surface area contributed by atoms with Crippen molar-refractivity contribution in [2.75, 3.05) is 0 Å². The minimum absolute atomic E-state index is 0.146. The number of benzene rings is 2. The van der Waals surface area contributed by atoms with Crippen LogP contribution in [-0.2, 0) is 17.9 Å². The SMILES string of the molecule is O=C(CCn1nc(-c2ccc(Br)cc2)ccc1=O)NCc1ccc(Cl)cc1. The molecular weight excluding hydrogens is 430 g/mol. The van der Waals surface area contributed by atoms with Gasteiger partial charge in [-0.3, -0.25) is 9.59 Å². The van der Waals surface area contributed by atoms with Crippen LogP contribution in [-0.4, -0.2) is 15.7 Å². The maximum Gasteiger partial charge on any atom is 0.266 e. The first kappa shape index (κ1) is 19.3. The summed E-state index contributed by atoms with van der Waals surface area (Å²) < 4.78 is 2.29. The molecule has 3 rings (SSSR count). The Morgan fingerprint density at radius 3 is 2.44 bits per heavy atom. The lowest BCUT2D eigenvalue weighted by molar-refractivity contribution is -0.121. The summed E-state index contributed by atoms with van der Waals surface area (Å²) in [5.74, 6) is -0.146. The highest BCUT2D eigenvalue weighted by atomic mass is 79.9. The van der Waals surface area contributed by atoms with E-state index in [9.17, 15) is 9.59 Å². The molecule has 0 radical (unpaired) electrons. The van der Waals surface area contributed by atoms with Crippen molar-refractivity contribution in [2.24, 2.45) is 0 Å². The summed E-state index contributed by atoms with van der Waals surface area (Å²) >= 11 is 9.24. The van der Waals surface area contributed by atoms with E-state index in [1.54, 1.807) is 18.2 Å². The molecule has 138 valence electrons. The van der Waals surface area contributed by atoms with Crippen molar-refractivity contribution in [1.82, 2.24) is 15.1 Å². The molecule has 0 aliphatic heterocycles. The summed E-state index contributed by atoms with van der Waals surface area (Å²) in [6, 6.07) is 18.1. The van der Waals surface area contributed by atoms with Crippen LogP contribution in [0.4, 0.5) is 0 Å². The molecule has 0 bridgehead atoms. The molecule has 1 N–H and O–H groups in total. The van der Waals surface area contributed by atoms with Crippen LogP contribution < -0.4 is 10.9 Å². The summed E-state index contributed by atoms with van der Waals surface area (Å²) in [5.41, 5.74) is 2.31. The summed E-state index contributed by atoms with van der Waals surface area (Å²) in [6.07, 6.45) is 0.171. The molecule has 0 spiro atoms. The van der Waals surface area contributed by atoms with Gasteiger partial charge in [0.1, 0.15) is 0 Å². The molecule has 0 saturated carbocycles. The van der Waals surface area contributed by atoms with Crippen LogP contribution in [0.5, 0.6) is 0 Å². The molecule has 1 amide bonds. The molecule has 1 aromatic heterocycles. The number of nitrogens with one attached hydrogen (secondary N) is 1. The van der Waals surface area contributed by atoms with Crippen molar-refractivity contribution in [2.45, 2.75) is 19.5 Å². The van der Waals surface area contributed by atoms with Gasteiger partial charge < -0.3 is 5.32 Å². The number of rotatable bonds is 6. The fourth-order valence-electron chi connectivity index (χ4n) is 2.48. The molecule has 3 aromatic rings. The van der Waals surface area contributed by atoms with Gasteiger partial charge in [-0.25, -0.2) is 4.68 Å². The lowest BCUT2D eigenvalue weighted by Gasteiger charge is -2.08. The van der Waals surface area contributed by atoms with Gasteiger partial charge in [-0.15, -0.1) is 0 Å². The Bertz CT molecular complexity index is 985. The second-order valence-electron chi connectivity index (χ2n) is 5.94. The second kappa shape index (κ2) is 8.97. The van der Waals surface area contributed by atoms with Crippen molar-refractivity contribution in [3.05, 3.63) is 86.1 Å². The van der Waals surface area contributed by atoms with E-state index < -0.39 is 0 Å². The minimum Gasteiger partial charge on any atom is -0.352 e. The van der Waals surface area contributed by atoms with Crippen LogP contribution in [0.2, 0.25) is 5.02 Å². The molecule has 0 aliphatic carbocycles. The van der Waals surface area contributed by atoms with Gasteiger partial charge >= 0.3 is 0 Å². The topological polar surface area (TPSA) is 64.0 Å². The number of aromatic nitrogens is 2. The van der Waals surface area contributed by atoms with Gasteiger partial charge in [0, 0.05) is 34.1 Å².